The molecule has 0 amide bonds. The molecule has 1 N–H and O–H groups in total. The lowest BCUT2D eigenvalue weighted by molar-refractivity contribution is 0.0690. The van der Waals surface area contributed by atoms with Crippen molar-refractivity contribution in [2.75, 3.05) is 7.11 Å². The molecule has 0 atom stereocenters. The van der Waals surface area contributed by atoms with Crippen LogP contribution in [0.15, 0.2) is 66.9 Å². The van der Waals surface area contributed by atoms with Crippen LogP contribution in [-0.4, -0.2) is 23.2 Å². The summed E-state index contributed by atoms with van der Waals surface area (Å²) in [6, 6.07) is 18.8. The maximum Gasteiger partial charge on any atom is 0.354 e. The van der Waals surface area contributed by atoms with Gasteiger partial charge in [-0.1, -0.05) is 48.5 Å². The first-order valence-electron chi connectivity index (χ1n) is 7.72. The zero-order chi connectivity index (χ0) is 17.6. The van der Waals surface area contributed by atoms with Crippen LogP contribution in [-0.2, 0) is 6.61 Å². The number of carboxylic acids is 1. The molecular weight excluding hydrogens is 318 g/mol. The van der Waals surface area contributed by atoms with Crippen LogP contribution in [0.25, 0.3) is 11.1 Å². The Bertz CT molecular complexity index is 878. The van der Waals surface area contributed by atoms with Gasteiger partial charge < -0.3 is 14.6 Å². The Hall–Kier alpha value is -3.34. The Balaban J connectivity index is 1.94. The van der Waals surface area contributed by atoms with E-state index in [1.54, 1.807) is 0 Å². The molecule has 0 spiro atoms. The minimum Gasteiger partial charge on any atom is -0.496 e. The van der Waals surface area contributed by atoms with Gasteiger partial charge in [-0.15, -0.1) is 0 Å². The van der Waals surface area contributed by atoms with Crippen molar-refractivity contribution in [3.63, 3.8) is 0 Å². The maximum absolute atomic E-state index is 11.1. The monoisotopic (exact) mass is 335 g/mol. The molecule has 0 saturated heterocycles. The highest BCUT2D eigenvalue weighted by molar-refractivity contribution is 5.87. The van der Waals surface area contributed by atoms with Crippen molar-refractivity contribution in [3.05, 3.63) is 78.1 Å². The lowest BCUT2D eigenvalue weighted by Crippen LogP contribution is -2.02. The third-order valence-electron chi connectivity index (χ3n) is 3.72. The fraction of sp³-hybridized carbons (Fsp3) is 0.100. The van der Waals surface area contributed by atoms with Crippen LogP contribution in [0.3, 0.4) is 0 Å². The van der Waals surface area contributed by atoms with Crippen molar-refractivity contribution in [1.82, 2.24) is 4.98 Å². The normalized spacial score (nSPS) is 10.3. The third kappa shape index (κ3) is 3.77. The summed E-state index contributed by atoms with van der Waals surface area (Å²) in [5.74, 6) is 0.0103. The van der Waals surface area contributed by atoms with E-state index in [0.717, 1.165) is 11.1 Å². The SMILES string of the molecule is COc1cc(C(=O)O)ncc1-c1ccccc1OCc1ccccc1. The molecule has 0 unspecified atom stereocenters. The number of benzene rings is 2. The van der Waals surface area contributed by atoms with Crippen molar-refractivity contribution >= 4 is 5.97 Å². The van der Waals surface area contributed by atoms with E-state index >= 15 is 0 Å². The van der Waals surface area contributed by atoms with Crippen LogP contribution in [0.5, 0.6) is 11.5 Å². The molecule has 0 radical (unpaired) electrons. The minimum atomic E-state index is -1.10. The number of carboxylic acid groups (broad SMARTS) is 1. The van der Waals surface area contributed by atoms with Gasteiger partial charge in [0.1, 0.15) is 18.1 Å². The molecule has 126 valence electrons. The van der Waals surface area contributed by atoms with Crippen molar-refractivity contribution < 1.29 is 19.4 Å². The number of hydrogen-bond acceptors (Lipinski definition) is 4. The summed E-state index contributed by atoms with van der Waals surface area (Å²) in [4.78, 5) is 15.1. The number of rotatable bonds is 6. The topological polar surface area (TPSA) is 68.7 Å². The smallest absolute Gasteiger partial charge is 0.354 e. The molecule has 0 saturated carbocycles. The molecule has 1 heterocycles. The number of aromatic nitrogens is 1. The van der Waals surface area contributed by atoms with E-state index in [1.165, 1.54) is 19.4 Å². The Morgan fingerprint density at radius 1 is 1.00 bits per heavy atom. The Morgan fingerprint density at radius 2 is 1.72 bits per heavy atom. The van der Waals surface area contributed by atoms with Gasteiger partial charge >= 0.3 is 5.97 Å². The van der Waals surface area contributed by atoms with Crippen molar-refractivity contribution in [3.8, 4) is 22.6 Å². The predicted octanol–water partition coefficient (Wildman–Crippen LogP) is 4.03. The number of aromatic carboxylic acids is 1. The number of methoxy groups -OCH3 is 1. The summed E-state index contributed by atoms with van der Waals surface area (Å²) in [6.45, 7) is 0.431. The van der Waals surface area contributed by atoms with Gasteiger partial charge in [0.25, 0.3) is 0 Å². The van der Waals surface area contributed by atoms with Crippen LogP contribution >= 0.6 is 0 Å². The van der Waals surface area contributed by atoms with Gasteiger partial charge in [0.15, 0.2) is 5.69 Å². The highest BCUT2D eigenvalue weighted by Crippen LogP contribution is 2.36. The van der Waals surface area contributed by atoms with Crippen LogP contribution in [0.2, 0.25) is 0 Å². The van der Waals surface area contributed by atoms with E-state index in [2.05, 4.69) is 4.98 Å². The summed E-state index contributed by atoms with van der Waals surface area (Å²) >= 11 is 0. The van der Waals surface area contributed by atoms with Gasteiger partial charge in [-0.05, 0) is 11.6 Å². The molecule has 0 aliphatic rings. The van der Waals surface area contributed by atoms with E-state index in [4.69, 9.17) is 14.6 Å². The highest BCUT2D eigenvalue weighted by atomic mass is 16.5. The fourth-order valence-corrected chi connectivity index (χ4v) is 2.48. The Labute approximate surface area is 145 Å². The van der Waals surface area contributed by atoms with Gasteiger partial charge in [0, 0.05) is 23.4 Å². The summed E-state index contributed by atoms with van der Waals surface area (Å²) in [7, 11) is 1.50. The zero-order valence-electron chi connectivity index (χ0n) is 13.7. The molecular formula is C20H17NO4. The number of hydrogen-bond donors (Lipinski definition) is 1. The molecule has 5 heteroatoms. The van der Waals surface area contributed by atoms with Crippen LogP contribution in [0.4, 0.5) is 0 Å². The number of pyridine rings is 1. The minimum absolute atomic E-state index is 0.0664. The van der Waals surface area contributed by atoms with Crippen molar-refractivity contribution in [2.24, 2.45) is 0 Å². The van der Waals surface area contributed by atoms with E-state index in [-0.39, 0.29) is 5.69 Å². The molecule has 25 heavy (non-hydrogen) atoms. The Kier molecular flexibility index (Phi) is 4.95. The Morgan fingerprint density at radius 3 is 2.44 bits per heavy atom. The molecule has 5 nitrogen and oxygen atoms in total. The molecule has 2 aromatic carbocycles. The molecule has 0 fully saturated rings. The van der Waals surface area contributed by atoms with Gasteiger partial charge in [0.2, 0.25) is 0 Å². The van der Waals surface area contributed by atoms with Crippen molar-refractivity contribution in [1.29, 1.82) is 0 Å². The lowest BCUT2D eigenvalue weighted by atomic mass is 10.0. The highest BCUT2D eigenvalue weighted by Gasteiger charge is 2.15. The van der Waals surface area contributed by atoms with Crippen LogP contribution < -0.4 is 9.47 Å². The predicted molar refractivity (Wildman–Crippen MR) is 94.0 cm³/mol. The molecule has 1 aromatic heterocycles. The number of nitrogens with zero attached hydrogens (tertiary/aromatic N) is 1. The maximum atomic E-state index is 11.1. The van der Waals surface area contributed by atoms with Crippen molar-refractivity contribution in [2.45, 2.75) is 6.61 Å². The zero-order valence-corrected chi connectivity index (χ0v) is 13.7. The molecule has 3 aromatic rings. The summed E-state index contributed by atoms with van der Waals surface area (Å²) < 4.78 is 11.3. The second-order valence-corrected chi connectivity index (χ2v) is 5.35. The second-order valence-electron chi connectivity index (χ2n) is 5.35. The van der Waals surface area contributed by atoms with Gasteiger partial charge in [0.05, 0.1) is 7.11 Å². The number of ether oxygens (including phenoxy) is 2. The molecule has 0 aliphatic heterocycles. The lowest BCUT2D eigenvalue weighted by Gasteiger charge is -2.14. The first kappa shape index (κ1) is 16.5. The summed E-state index contributed by atoms with van der Waals surface area (Å²) in [5.41, 5.74) is 2.46. The van der Waals surface area contributed by atoms with E-state index in [1.807, 2.05) is 54.6 Å². The molecule has 0 bridgehead atoms. The summed E-state index contributed by atoms with van der Waals surface area (Å²) in [5, 5.41) is 9.09. The van der Waals surface area contributed by atoms with Crippen LogP contribution in [0.1, 0.15) is 16.1 Å². The number of carbonyl (C=O) groups is 1. The average Bonchev–Trinajstić information content (AvgIpc) is 2.67. The molecule has 3 rings (SSSR count). The van der Waals surface area contributed by atoms with E-state index in [9.17, 15) is 4.79 Å². The first-order valence-corrected chi connectivity index (χ1v) is 7.72. The van der Waals surface area contributed by atoms with Crippen LogP contribution in [0, 0.1) is 0 Å². The van der Waals surface area contributed by atoms with Gasteiger partial charge in [-0.25, -0.2) is 9.78 Å². The van der Waals surface area contributed by atoms with Gasteiger partial charge in [-0.2, -0.15) is 0 Å². The quantitative estimate of drug-likeness (QED) is 0.736. The third-order valence-corrected chi connectivity index (χ3v) is 3.72. The number of para-hydroxylation sites is 1. The van der Waals surface area contributed by atoms with Gasteiger partial charge in [-0.3, -0.25) is 0 Å². The first-order chi connectivity index (χ1) is 12.2. The largest absolute Gasteiger partial charge is 0.496 e. The van der Waals surface area contributed by atoms with E-state index in [0.29, 0.717) is 23.7 Å². The second kappa shape index (κ2) is 7.49. The summed E-state index contributed by atoms with van der Waals surface area (Å²) in [6.07, 6.45) is 1.49. The fourth-order valence-electron chi connectivity index (χ4n) is 2.48. The average molecular weight is 335 g/mol. The molecule has 0 aliphatic carbocycles. The standard InChI is InChI=1S/C20H17NO4/c1-24-19-11-17(20(22)23)21-12-16(19)15-9-5-6-10-18(15)25-13-14-7-3-2-4-8-14/h2-12H,13H2,1H3,(H,22,23). The van der Waals surface area contributed by atoms with E-state index < -0.39 is 5.97 Å².